The smallest absolute Gasteiger partial charge is 0.242 e. The van der Waals surface area contributed by atoms with Crippen molar-refractivity contribution in [2.45, 2.75) is 24.7 Å². The molecule has 0 saturated carbocycles. The van der Waals surface area contributed by atoms with Gasteiger partial charge in [0.2, 0.25) is 10.0 Å². The Kier molecular flexibility index (Phi) is 7.00. The van der Waals surface area contributed by atoms with Crippen LogP contribution in [-0.4, -0.2) is 38.1 Å². The molecule has 6 nitrogen and oxygen atoms in total. The first kappa shape index (κ1) is 17.0. The minimum Gasteiger partial charge on any atom is -0.388 e. The van der Waals surface area contributed by atoms with Gasteiger partial charge in [-0.15, -0.1) is 0 Å². The van der Waals surface area contributed by atoms with E-state index in [0.717, 1.165) is 6.42 Å². The number of ether oxygens (including phenoxy) is 1. The zero-order valence-corrected chi connectivity index (χ0v) is 13.0. The lowest BCUT2D eigenvalue weighted by molar-refractivity contribution is 0.133. The Balaban J connectivity index is 2.63. The first-order chi connectivity index (χ1) is 9.49. The summed E-state index contributed by atoms with van der Waals surface area (Å²) in [5.74, 6) is 0. The van der Waals surface area contributed by atoms with Gasteiger partial charge < -0.3 is 10.5 Å². The lowest BCUT2D eigenvalue weighted by atomic mass is 10.3. The predicted molar refractivity (Wildman–Crippen MR) is 81.0 cm³/mol. The molecule has 0 atom stereocenters. The van der Waals surface area contributed by atoms with Crippen LogP contribution < -0.4 is 10.5 Å². The maximum Gasteiger partial charge on any atom is 0.242 e. The summed E-state index contributed by atoms with van der Waals surface area (Å²) < 4.78 is 32.0. The fraction of sp³-hybridized carbons (Fsp3) is 0.500. The van der Waals surface area contributed by atoms with E-state index in [0.29, 0.717) is 19.6 Å². The normalized spacial score (nSPS) is 11.4. The Morgan fingerprint density at radius 2 is 2.25 bits per heavy atom. The van der Waals surface area contributed by atoms with Crippen molar-refractivity contribution in [2.75, 3.05) is 19.8 Å². The molecule has 0 saturated heterocycles. The van der Waals surface area contributed by atoms with Gasteiger partial charge >= 0.3 is 0 Å². The van der Waals surface area contributed by atoms with Crippen molar-refractivity contribution in [3.63, 3.8) is 0 Å². The number of pyridine rings is 1. The molecule has 1 rings (SSSR count). The van der Waals surface area contributed by atoms with Crippen LogP contribution in [0.5, 0.6) is 0 Å². The van der Waals surface area contributed by atoms with Crippen LogP contribution in [0.25, 0.3) is 0 Å². The van der Waals surface area contributed by atoms with E-state index in [2.05, 4.69) is 9.71 Å². The molecule has 3 N–H and O–H groups in total. The van der Waals surface area contributed by atoms with E-state index < -0.39 is 10.0 Å². The standard InChI is InChI=1S/C12H19N3O3S2/c1-2-8-18-9-4-7-15-20(16,17)10-5-3-6-14-11(10)12(13)19/h3,5-6,15H,2,4,7-9H2,1H3,(H2,13,19). The topological polar surface area (TPSA) is 94.3 Å². The second kappa shape index (κ2) is 8.25. The van der Waals surface area contributed by atoms with Crippen molar-refractivity contribution in [1.29, 1.82) is 0 Å². The van der Waals surface area contributed by atoms with E-state index in [1.807, 2.05) is 6.92 Å². The van der Waals surface area contributed by atoms with Gasteiger partial charge in [-0.25, -0.2) is 13.1 Å². The number of aromatic nitrogens is 1. The molecule has 0 aliphatic carbocycles. The third-order valence-electron chi connectivity index (χ3n) is 2.40. The second-order valence-corrected chi connectivity index (χ2v) is 6.25. The molecule has 0 aliphatic rings. The molecule has 0 aliphatic heterocycles. The average molecular weight is 317 g/mol. The Hall–Kier alpha value is -1.09. The number of rotatable bonds is 9. The zero-order valence-electron chi connectivity index (χ0n) is 11.3. The molecule has 0 aromatic carbocycles. The molecule has 0 amide bonds. The SMILES string of the molecule is CCCOCCCNS(=O)(=O)c1cccnc1C(N)=S. The number of nitrogens with two attached hydrogens (primary N) is 1. The minimum atomic E-state index is -3.66. The van der Waals surface area contributed by atoms with E-state index in [4.69, 9.17) is 22.7 Å². The van der Waals surface area contributed by atoms with Crippen LogP contribution in [0, 0.1) is 0 Å². The van der Waals surface area contributed by atoms with Gasteiger partial charge in [-0.2, -0.15) is 0 Å². The number of sulfonamides is 1. The van der Waals surface area contributed by atoms with Crippen molar-refractivity contribution in [3.8, 4) is 0 Å². The van der Waals surface area contributed by atoms with Gasteiger partial charge in [0.05, 0.1) is 0 Å². The first-order valence-corrected chi connectivity index (χ1v) is 8.20. The van der Waals surface area contributed by atoms with Gasteiger partial charge in [0.1, 0.15) is 15.6 Å². The highest BCUT2D eigenvalue weighted by Gasteiger charge is 2.19. The first-order valence-electron chi connectivity index (χ1n) is 6.31. The number of nitrogens with zero attached hydrogens (tertiary/aromatic N) is 1. The van der Waals surface area contributed by atoms with Gasteiger partial charge in [-0.1, -0.05) is 19.1 Å². The van der Waals surface area contributed by atoms with Crippen molar-refractivity contribution in [3.05, 3.63) is 24.0 Å². The van der Waals surface area contributed by atoms with Crippen LogP contribution in [0.15, 0.2) is 23.2 Å². The van der Waals surface area contributed by atoms with Gasteiger partial charge in [-0.05, 0) is 25.0 Å². The zero-order chi connectivity index (χ0) is 15.0. The number of nitrogens with one attached hydrogen (secondary N) is 1. The van der Waals surface area contributed by atoms with Crippen LogP contribution >= 0.6 is 12.2 Å². The molecule has 0 radical (unpaired) electrons. The molecule has 1 aromatic heterocycles. The monoisotopic (exact) mass is 317 g/mol. The third-order valence-corrected chi connectivity index (χ3v) is 4.09. The van der Waals surface area contributed by atoms with E-state index in [1.54, 1.807) is 0 Å². The maximum atomic E-state index is 12.1. The fourth-order valence-electron chi connectivity index (χ4n) is 1.50. The van der Waals surface area contributed by atoms with Gasteiger partial charge in [0, 0.05) is 26.0 Å². The largest absolute Gasteiger partial charge is 0.388 e. The molecular formula is C12H19N3O3S2. The number of hydrogen-bond acceptors (Lipinski definition) is 5. The highest BCUT2D eigenvalue weighted by Crippen LogP contribution is 2.12. The minimum absolute atomic E-state index is 0.00183. The van der Waals surface area contributed by atoms with Gasteiger partial charge in [0.25, 0.3) is 0 Å². The summed E-state index contributed by atoms with van der Waals surface area (Å²) in [4.78, 5) is 3.86. The molecule has 112 valence electrons. The summed E-state index contributed by atoms with van der Waals surface area (Å²) in [5.41, 5.74) is 5.59. The third kappa shape index (κ3) is 5.12. The molecule has 0 fully saturated rings. The van der Waals surface area contributed by atoms with E-state index in [9.17, 15) is 8.42 Å². The molecule has 20 heavy (non-hydrogen) atoms. The number of hydrogen-bond donors (Lipinski definition) is 2. The molecule has 0 spiro atoms. The summed E-state index contributed by atoms with van der Waals surface area (Å²) in [6.45, 7) is 3.51. The van der Waals surface area contributed by atoms with Crippen molar-refractivity contribution >= 4 is 27.2 Å². The van der Waals surface area contributed by atoms with Crippen LogP contribution in [0.3, 0.4) is 0 Å². The molecule has 1 aromatic rings. The van der Waals surface area contributed by atoms with E-state index in [1.165, 1.54) is 18.3 Å². The Morgan fingerprint density at radius 3 is 2.90 bits per heavy atom. The van der Waals surface area contributed by atoms with Crippen molar-refractivity contribution < 1.29 is 13.2 Å². The Labute approximate surface area is 124 Å². The lowest BCUT2D eigenvalue weighted by Gasteiger charge is -2.09. The second-order valence-electron chi connectivity index (χ2n) is 4.08. The van der Waals surface area contributed by atoms with Crippen LogP contribution in [0.4, 0.5) is 0 Å². The van der Waals surface area contributed by atoms with E-state index >= 15 is 0 Å². The van der Waals surface area contributed by atoms with Crippen LogP contribution in [0.2, 0.25) is 0 Å². The maximum absolute atomic E-state index is 12.1. The Morgan fingerprint density at radius 1 is 1.50 bits per heavy atom. The van der Waals surface area contributed by atoms with Gasteiger partial charge in [-0.3, -0.25) is 4.98 Å². The van der Waals surface area contributed by atoms with Crippen LogP contribution in [0.1, 0.15) is 25.5 Å². The van der Waals surface area contributed by atoms with Crippen molar-refractivity contribution in [1.82, 2.24) is 9.71 Å². The molecule has 0 bridgehead atoms. The lowest BCUT2D eigenvalue weighted by Crippen LogP contribution is -2.28. The molecule has 1 heterocycles. The quantitative estimate of drug-likeness (QED) is 0.517. The fourth-order valence-corrected chi connectivity index (χ4v) is 2.97. The summed E-state index contributed by atoms with van der Waals surface area (Å²) >= 11 is 4.80. The highest BCUT2D eigenvalue weighted by molar-refractivity contribution is 7.89. The average Bonchev–Trinajstić information content (AvgIpc) is 2.42. The predicted octanol–water partition coefficient (Wildman–Crippen LogP) is 0.811. The van der Waals surface area contributed by atoms with Crippen LogP contribution in [-0.2, 0) is 14.8 Å². The van der Waals surface area contributed by atoms with E-state index in [-0.39, 0.29) is 22.1 Å². The molecule has 8 heteroatoms. The molecular weight excluding hydrogens is 298 g/mol. The highest BCUT2D eigenvalue weighted by atomic mass is 32.2. The molecule has 0 unspecified atom stereocenters. The number of thiocarbonyl (C=S) groups is 1. The van der Waals surface area contributed by atoms with Crippen molar-refractivity contribution in [2.24, 2.45) is 5.73 Å². The van der Waals surface area contributed by atoms with Gasteiger partial charge in [0.15, 0.2) is 0 Å². The summed E-state index contributed by atoms with van der Waals surface area (Å²) in [5, 5.41) is 0. The summed E-state index contributed by atoms with van der Waals surface area (Å²) in [6.07, 6.45) is 2.99. The summed E-state index contributed by atoms with van der Waals surface area (Å²) in [7, 11) is -3.66. The summed E-state index contributed by atoms with van der Waals surface area (Å²) in [6, 6.07) is 2.96. The Bertz CT molecular complexity index is 547.